The summed E-state index contributed by atoms with van der Waals surface area (Å²) in [5, 5.41) is 4.12. The van der Waals surface area contributed by atoms with E-state index in [-0.39, 0.29) is 0 Å². The average Bonchev–Trinajstić information content (AvgIpc) is 3.10. The van der Waals surface area contributed by atoms with Crippen LogP contribution in [-0.2, 0) is 6.54 Å². The minimum atomic E-state index is 0.350. The number of hydrogen-bond acceptors (Lipinski definition) is 6. The van der Waals surface area contributed by atoms with Crippen LogP contribution in [-0.4, -0.2) is 40.2 Å². The van der Waals surface area contributed by atoms with Gasteiger partial charge in [0.05, 0.1) is 13.0 Å². The van der Waals surface area contributed by atoms with E-state index in [2.05, 4.69) is 26.1 Å². The first-order valence-electron chi connectivity index (χ1n) is 7.87. The molecule has 3 heterocycles. The predicted molar refractivity (Wildman–Crippen MR) is 79.7 cm³/mol. The predicted octanol–water partition coefficient (Wildman–Crippen LogP) is 2.34. The van der Waals surface area contributed by atoms with Gasteiger partial charge in [0, 0.05) is 30.8 Å². The number of rotatable bonds is 5. The van der Waals surface area contributed by atoms with Gasteiger partial charge in [0.25, 0.3) is 0 Å². The lowest BCUT2D eigenvalue weighted by atomic mass is 10.1. The van der Waals surface area contributed by atoms with Crippen LogP contribution in [0.3, 0.4) is 0 Å². The summed E-state index contributed by atoms with van der Waals surface area (Å²) in [6, 6.07) is 4.02. The van der Waals surface area contributed by atoms with Crippen LogP contribution in [0.15, 0.2) is 22.9 Å². The van der Waals surface area contributed by atoms with Crippen molar-refractivity contribution >= 4 is 0 Å². The number of hydrogen-bond donors (Lipinski definition) is 0. The molecule has 0 bridgehead atoms. The first-order valence-corrected chi connectivity index (χ1v) is 7.87. The normalized spacial score (nSPS) is 22.1. The van der Waals surface area contributed by atoms with Gasteiger partial charge < -0.3 is 9.26 Å². The molecule has 0 N–H and O–H groups in total. The third-order valence-corrected chi connectivity index (χ3v) is 4.46. The zero-order valence-electron chi connectivity index (χ0n) is 12.7. The van der Waals surface area contributed by atoms with Crippen molar-refractivity contribution in [3.05, 3.63) is 35.6 Å². The van der Waals surface area contributed by atoms with Crippen LogP contribution in [0.5, 0.6) is 5.88 Å². The lowest BCUT2D eigenvalue weighted by molar-refractivity contribution is 0.300. The number of pyridine rings is 1. The molecule has 22 heavy (non-hydrogen) atoms. The largest absolute Gasteiger partial charge is 0.481 e. The first kappa shape index (κ1) is 13.7. The molecule has 1 atom stereocenters. The summed E-state index contributed by atoms with van der Waals surface area (Å²) in [6.07, 6.45) is 5.23. The highest BCUT2D eigenvalue weighted by atomic mass is 16.5. The van der Waals surface area contributed by atoms with E-state index in [1.54, 1.807) is 13.3 Å². The summed E-state index contributed by atoms with van der Waals surface area (Å²) in [5.41, 5.74) is 1.12. The zero-order valence-corrected chi connectivity index (χ0v) is 12.7. The highest BCUT2D eigenvalue weighted by Crippen LogP contribution is 2.39. The summed E-state index contributed by atoms with van der Waals surface area (Å²) in [5.74, 6) is 3.32. The average molecular weight is 300 g/mol. The van der Waals surface area contributed by atoms with Gasteiger partial charge in [0.15, 0.2) is 5.82 Å². The maximum Gasteiger partial charge on any atom is 0.231 e. The third kappa shape index (κ3) is 2.70. The Kier molecular flexibility index (Phi) is 3.54. The molecule has 6 heteroatoms. The van der Waals surface area contributed by atoms with Gasteiger partial charge in [-0.3, -0.25) is 4.90 Å². The molecule has 2 aliphatic rings. The molecule has 0 radical (unpaired) electrons. The van der Waals surface area contributed by atoms with Gasteiger partial charge in [0.2, 0.25) is 11.8 Å². The van der Waals surface area contributed by atoms with Gasteiger partial charge in [-0.2, -0.15) is 4.98 Å². The molecule has 1 unspecified atom stereocenters. The van der Waals surface area contributed by atoms with Crippen molar-refractivity contribution in [2.75, 3.05) is 20.2 Å². The number of ether oxygens (including phenoxy) is 1. The second-order valence-electron chi connectivity index (χ2n) is 6.16. The van der Waals surface area contributed by atoms with Gasteiger partial charge in [-0.1, -0.05) is 11.2 Å². The topological polar surface area (TPSA) is 64.3 Å². The van der Waals surface area contributed by atoms with E-state index < -0.39 is 0 Å². The quantitative estimate of drug-likeness (QED) is 0.844. The minimum Gasteiger partial charge on any atom is -0.481 e. The van der Waals surface area contributed by atoms with Crippen molar-refractivity contribution in [2.24, 2.45) is 0 Å². The summed E-state index contributed by atoms with van der Waals surface area (Å²) < 4.78 is 10.8. The van der Waals surface area contributed by atoms with Crippen molar-refractivity contribution in [2.45, 2.75) is 37.6 Å². The molecule has 1 aliphatic heterocycles. The maximum absolute atomic E-state index is 5.47. The fourth-order valence-corrected chi connectivity index (χ4v) is 3.07. The molecule has 2 fully saturated rings. The van der Waals surface area contributed by atoms with E-state index in [4.69, 9.17) is 9.26 Å². The van der Waals surface area contributed by atoms with Gasteiger partial charge >= 0.3 is 0 Å². The summed E-state index contributed by atoms with van der Waals surface area (Å²) in [4.78, 5) is 11.2. The van der Waals surface area contributed by atoms with Crippen LogP contribution < -0.4 is 4.74 Å². The number of likely N-dealkylation sites (tertiary alicyclic amines) is 1. The molecule has 1 saturated carbocycles. The van der Waals surface area contributed by atoms with Gasteiger partial charge in [-0.15, -0.1) is 0 Å². The molecule has 0 spiro atoms. The molecule has 1 saturated heterocycles. The van der Waals surface area contributed by atoms with E-state index in [0.29, 0.717) is 17.7 Å². The number of nitrogens with zero attached hydrogens (tertiary/aromatic N) is 4. The lowest BCUT2D eigenvalue weighted by Gasteiger charge is -2.16. The second kappa shape index (κ2) is 5.68. The smallest absolute Gasteiger partial charge is 0.231 e. The van der Waals surface area contributed by atoms with Gasteiger partial charge in [-0.25, -0.2) is 4.98 Å². The van der Waals surface area contributed by atoms with E-state index >= 15 is 0 Å². The van der Waals surface area contributed by atoms with Crippen LogP contribution in [0.4, 0.5) is 0 Å². The summed E-state index contributed by atoms with van der Waals surface area (Å²) in [6.45, 7) is 2.82. The molecule has 0 amide bonds. The molecule has 6 nitrogen and oxygen atoms in total. The van der Waals surface area contributed by atoms with Crippen LogP contribution in [0.1, 0.15) is 48.4 Å². The Hall–Kier alpha value is -1.95. The third-order valence-electron chi connectivity index (χ3n) is 4.46. The first-order chi connectivity index (χ1) is 10.8. The fourth-order valence-electron chi connectivity index (χ4n) is 3.07. The van der Waals surface area contributed by atoms with E-state index in [9.17, 15) is 0 Å². The maximum atomic E-state index is 5.47. The van der Waals surface area contributed by atoms with Crippen molar-refractivity contribution < 1.29 is 9.26 Å². The molecular weight excluding hydrogens is 280 g/mol. The zero-order chi connectivity index (χ0) is 14.9. The summed E-state index contributed by atoms with van der Waals surface area (Å²) in [7, 11) is 1.66. The van der Waals surface area contributed by atoms with Crippen molar-refractivity contribution in [1.82, 2.24) is 20.0 Å². The number of methoxy groups -OCH3 is 1. The Balaban J connectivity index is 1.41. The molecule has 0 aromatic carbocycles. The second-order valence-corrected chi connectivity index (χ2v) is 6.16. The highest BCUT2D eigenvalue weighted by molar-refractivity contribution is 5.25. The standard InChI is InChI=1S/C16H20N4O2/c1-21-15-12(3-2-7-17-15)9-20-8-6-13(10-20)16-18-14(19-22-16)11-4-5-11/h2-3,7,11,13H,4-6,8-10H2,1H3. The minimum absolute atomic E-state index is 0.350. The van der Waals surface area contributed by atoms with E-state index in [1.807, 2.05) is 6.07 Å². The Morgan fingerprint density at radius 2 is 2.23 bits per heavy atom. The van der Waals surface area contributed by atoms with Crippen LogP contribution in [0.25, 0.3) is 0 Å². The Morgan fingerprint density at radius 3 is 3.05 bits per heavy atom. The van der Waals surface area contributed by atoms with Crippen LogP contribution in [0, 0.1) is 0 Å². The highest BCUT2D eigenvalue weighted by Gasteiger charge is 2.33. The molecular formula is C16H20N4O2. The lowest BCUT2D eigenvalue weighted by Crippen LogP contribution is -2.20. The number of aromatic nitrogens is 3. The van der Waals surface area contributed by atoms with E-state index in [1.165, 1.54) is 12.8 Å². The van der Waals surface area contributed by atoms with Crippen molar-refractivity contribution in [1.29, 1.82) is 0 Å². The molecule has 4 rings (SSSR count). The molecule has 116 valence electrons. The van der Waals surface area contributed by atoms with Crippen molar-refractivity contribution in [3.63, 3.8) is 0 Å². The fraction of sp³-hybridized carbons (Fsp3) is 0.562. The van der Waals surface area contributed by atoms with Crippen LogP contribution >= 0.6 is 0 Å². The molecule has 2 aromatic rings. The van der Waals surface area contributed by atoms with Crippen molar-refractivity contribution in [3.8, 4) is 5.88 Å². The SMILES string of the molecule is COc1ncccc1CN1CCC(c2nc(C3CC3)no2)C1. The Bertz CT molecular complexity index is 653. The molecule has 2 aromatic heterocycles. The van der Waals surface area contributed by atoms with Crippen LogP contribution in [0.2, 0.25) is 0 Å². The summed E-state index contributed by atoms with van der Waals surface area (Å²) >= 11 is 0. The monoisotopic (exact) mass is 300 g/mol. The van der Waals surface area contributed by atoms with Gasteiger partial charge in [0.1, 0.15) is 0 Å². The Labute approximate surface area is 129 Å². The Morgan fingerprint density at radius 1 is 1.32 bits per heavy atom. The molecule has 1 aliphatic carbocycles. The van der Waals surface area contributed by atoms with Gasteiger partial charge in [-0.05, 0) is 31.9 Å². The van der Waals surface area contributed by atoms with E-state index in [0.717, 1.165) is 43.3 Å².